The number of rotatable bonds is 9. The Balaban J connectivity index is 1.08. The standard InChI is InChI=1S/C31H30N6O4/c38-15-24-27(39)28(40)29(41-24)23-14-34-31(37-17-32-16-35-37)36-30(23)33-13-2-1-4-18-7-8-21-10-9-19-5-3-6-20-11-12-22(18)26(21)25(19)20/h3,5-12,14,16-17,24,27-29,38-40H,1-2,4,13,15H2,(H,33,34,36)/t24-,27-,28-,29+/m1/s1. The highest BCUT2D eigenvalue weighted by Crippen LogP contribution is 2.37. The third kappa shape index (κ3) is 4.54. The molecule has 0 spiro atoms. The second kappa shape index (κ2) is 10.6. The number of hydrogen-bond acceptors (Lipinski definition) is 9. The molecule has 4 N–H and O–H groups in total. The highest BCUT2D eigenvalue weighted by Gasteiger charge is 2.44. The van der Waals surface area contributed by atoms with Crippen LogP contribution in [0.2, 0.25) is 0 Å². The quantitative estimate of drug-likeness (QED) is 0.157. The monoisotopic (exact) mass is 550 g/mol. The van der Waals surface area contributed by atoms with Gasteiger partial charge in [-0.25, -0.2) is 9.97 Å². The van der Waals surface area contributed by atoms with E-state index >= 15 is 0 Å². The third-order valence-corrected chi connectivity index (χ3v) is 8.06. The summed E-state index contributed by atoms with van der Waals surface area (Å²) in [6.45, 7) is 0.222. The molecule has 3 heterocycles. The lowest BCUT2D eigenvalue weighted by Gasteiger charge is -2.19. The zero-order valence-electron chi connectivity index (χ0n) is 22.3. The highest BCUT2D eigenvalue weighted by atomic mass is 16.6. The molecule has 6 aromatic rings. The molecule has 10 nitrogen and oxygen atoms in total. The number of nitrogens with one attached hydrogen (secondary N) is 1. The van der Waals surface area contributed by atoms with E-state index in [0.717, 1.165) is 19.3 Å². The molecule has 1 fully saturated rings. The van der Waals surface area contributed by atoms with Gasteiger partial charge in [-0.2, -0.15) is 14.8 Å². The van der Waals surface area contributed by atoms with Gasteiger partial charge in [0.1, 0.15) is 42.9 Å². The molecule has 10 heteroatoms. The number of hydrogen-bond donors (Lipinski definition) is 4. The number of aliphatic hydroxyl groups is 3. The van der Waals surface area contributed by atoms with Crippen molar-refractivity contribution in [3.05, 3.63) is 84.6 Å². The maximum atomic E-state index is 10.6. The Kier molecular flexibility index (Phi) is 6.68. The molecule has 1 saturated heterocycles. The van der Waals surface area contributed by atoms with E-state index in [9.17, 15) is 15.3 Å². The van der Waals surface area contributed by atoms with Crippen LogP contribution in [-0.2, 0) is 11.2 Å². The Morgan fingerprint density at radius 3 is 2.44 bits per heavy atom. The lowest BCUT2D eigenvalue weighted by atomic mass is 9.90. The van der Waals surface area contributed by atoms with Gasteiger partial charge in [-0.15, -0.1) is 0 Å². The van der Waals surface area contributed by atoms with Crippen LogP contribution >= 0.6 is 0 Å². The van der Waals surface area contributed by atoms with Gasteiger partial charge in [-0.3, -0.25) is 0 Å². The Morgan fingerprint density at radius 2 is 1.68 bits per heavy atom. The largest absolute Gasteiger partial charge is 0.394 e. The van der Waals surface area contributed by atoms with Crippen LogP contribution in [0, 0.1) is 0 Å². The number of aryl methyl sites for hydroxylation is 1. The van der Waals surface area contributed by atoms with Gasteiger partial charge in [0.2, 0.25) is 0 Å². The summed E-state index contributed by atoms with van der Waals surface area (Å²) in [4.78, 5) is 12.9. The minimum absolute atomic E-state index is 0.314. The van der Waals surface area contributed by atoms with E-state index in [0.29, 0.717) is 23.9 Å². The van der Waals surface area contributed by atoms with Crippen molar-refractivity contribution < 1.29 is 20.1 Å². The Hall–Kier alpha value is -4.22. The van der Waals surface area contributed by atoms with Gasteiger partial charge in [0, 0.05) is 18.3 Å². The predicted molar refractivity (Wildman–Crippen MR) is 155 cm³/mol. The maximum Gasteiger partial charge on any atom is 0.253 e. The highest BCUT2D eigenvalue weighted by molar-refractivity contribution is 6.23. The SMILES string of the molecule is OC[C@H]1O[C@@H](c2cnc(-n3cncn3)nc2NCCCCc2ccc3ccc4cccc5ccc2c3c45)[C@H](O)[C@@H]1O. The van der Waals surface area contributed by atoms with Gasteiger partial charge in [0.05, 0.1) is 6.61 Å². The van der Waals surface area contributed by atoms with Crippen LogP contribution in [0.15, 0.2) is 73.4 Å². The van der Waals surface area contributed by atoms with Crippen molar-refractivity contribution in [2.45, 2.75) is 43.7 Å². The molecular weight excluding hydrogens is 520 g/mol. The number of nitrogens with zero attached hydrogens (tertiary/aromatic N) is 5. The zero-order valence-corrected chi connectivity index (χ0v) is 22.3. The summed E-state index contributed by atoms with van der Waals surface area (Å²) in [5, 5.41) is 45.7. The van der Waals surface area contributed by atoms with E-state index in [2.05, 4.69) is 80.0 Å². The van der Waals surface area contributed by atoms with Gasteiger partial charge in [0.15, 0.2) is 0 Å². The molecular formula is C31H30N6O4. The van der Waals surface area contributed by atoms with E-state index in [-0.39, 0.29) is 0 Å². The Bertz CT molecular complexity index is 1790. The third-order valence-electron chi connectivity index (χ3n) is 8.06. The molecule has 4 atom stereocenters. The summed E-state index contributed by atoms with van der Waals surface area (Å²) < 4.78 is 7.21. The molecule has 208 valence electrons. The summed E-state index contributed by atoms with van der Waals surface area (Å²) in [6, 6.07) is 19.8. The maximum absolute atomic E-state index is 10.6. The van der Waals surface area contributed by atoms with E-state index in [1.807, 2.05) is 0 Å². The van der Waals surface area contributed by atoms with Crippen molar-refractivity contribution in [2.24, 2.45) is 0 Å². The first-order valence-electron chi connectivity index (χ1n) is 13.9. The predicted octanol–water partition coefficient (Wildman–Crippen LogP) is 3.54. The van der Waals surface area contributed by atoms with Crippen molar-refractivity contribution >= 4 is 38.1 Å². The Labute approximate surface area is 235 Å². The Morgan fingerprint density at radius 1 is 0.902 bits per heavy atom. The fourth-order valence-corrected chi connectivity index (χ4v) is 5.97. The van der Waals surface area contributed by atoms with Crippen LogP contribution in [0.3, 0.4) is 0 Å². The summed E-state index contributed by atoms with van der Waals surface area (Å²) in [7, 11) is 0. The number of ether oxygens (including phenoxy) is 1. The molecule has 4 aromatic carbocycles. The molecule has 0 radical (unpaired) electrons. The van der Waals surface area contributed by atoms with Crippen LogP contribution in [0.5, 0.6) is 0 Å². The van der Waals surface area contributed by atoms with Crippen molar-refractivity contribution in [1.82, 2.24) is 24.7 Å². The molecule has 0 bridgehead atoms. The van der Waals surface area contributed by atoms with Crippen LogP contribution in [-0.4, -0.2) is 71.5 Å². The van der Waals surface area contributed by atoms with E-state index < -0.39 is 31.0 Å². The number of aromatic nitrogens is 5. The molecule has 1 aliphatic heterocycles. The number of aliphatic hydroxyl groups excluding tert-OH is 3. The van der Waals surface area contributed by atoms with Crippen molar-refractivity contribution in [3.63, 3.8) is 0 Å². The second-order valence-corrected chi connectivity index (χ2v) is 10.5. The lowest BCUT2D eigenvalue weighted by Crippen LogP contribution is -2.32. The van der Waals surface area contributed by atoms with Gasteiger partial charge in [0.25, 0.3) is 5.95 Å². The van der Waals surface area contributed by atoms with Crippen LogP contribution in [0.25, 0.3) is 38.3 Å². The molecule has 7 rings (SSSR count). The van der Waals surface area contributed by atoms with Crippen molar-refractivity contribution in [3.8, 4) is 5.95 Å². The van der Waals surface area contributed by atoms with Gasteiger partial charge in [-0.1, -0.05) is 54.6 Å². The fourth-order valence-electron chi connectivity index (χ4n) is 5.97. The van der Waals surface area contributed by atoms with Crippen LogP contribution in [0.1, 0.15) is 30.1 Å². The molecule has 41 heavy (non-hydrogen) atoms. The average molecular weight is 551 g/mol. The molecule has 0 unspecified atom stereocenters. The second-order valence-electron chi connectivity index (χ2n) is 10.5. The van der Waals surface area contributed by atoms with E-state index in [1.165, 1.54) is 55.2 Å². The average Bonchev–Trinajstić information content (AvgIpc) is 3.65. The minimum atomic E-state index is -1.22. The first-order chi connectivity index (χ1) is 20.1. The zero-order chi connectivity index (χ0) is 27.9. The number of anilines is 1. The van der Waals surface area contributed by atoms with Crippen LogP contribution < -0.4 is 5.32 Å². The fraction of sp³-hybridized carbons (Fsp3) is 0.290. The number of unbranched alkanes of at least 4 members (excludes halogenated alkanes) is 1. The minimum Gasteiger partial charge on any atom is -0.394 e. The summed E-state index contributed by atoms with van der Waals surface area (Å²) >= 11 is 0. The molecule has 0 saturated carbocycles. The lowest BCUT2D eigenvalue weighted by molar-refractivity contribution is -0.0227. The van der Waals surface area contributed by atoms with Gasteiger partial charge in [-0.05, 0) is 57.1 Å². The van der Waals surface area contributed by atoms with Crippen LogP contribution in [0.4, 0.5) is 5.82 Å². The summed E-state index contributed by atoms with van der Waals surface area (Å²) in [5.74, 6) is 0.789. The molecule has 0 aliphatic carbocycles. The molecule has 1 aliphatic rings. The molecule has 2 aromatic heterocycles. The summed E-state index contributed by atoms with van der Waals surface area (Å²) in [5.41, 5.74) is 1.83. The van der Waals surface area contributed by atoms with Gasteiger partial charge >= 0.3 is 0 Å². The normalized spacial score (nSPS) is 21.0. The van der Waals surface area contributed by atoms with E-state index in [1.54, 1.807) is 6.20 Å². The topological polar surface area (TPSA) is 138 Å². The van der Waals surface area contributed by atoms with Gasteiger partial charge < -0.3 is 25.4 Å². The van der Waals surface area contributed by atoms with E-state index in [4.69, 9.17) is 4.74 Å². The smallest absolute Gasteiger partial charge is 0.253 e. The van der Waals surface area contributed by atoms with Crippen molar-refractivity contribution in [1.29, 1.82) is 0 Å². The summed E-state index contributed by atoms with van der Waals surface area (Å²) in [6.07, 6.45) is 3.03. The first-order valence-corrected chi connectivity index (χ1v) is 13.9. The first kappa shape index (κ1) is 25.7. The molecule has 0 amide bonds. The number of benzene rings is 4. The van der Waals surface area contributed by atoms with Crippen molar-refractivity contribution in [2.75, 3.05) is 18.5 Å².